The second-order valence-electron chi connectivity index (χ2n) is 7.90. The third kappa shape index (κ3) is 7.86. The molecule has 1 radical (unpaired) electrons. The predicted molar refractivity (Wildman–Crippen MR) is 140 cm³/mol. The summed E-state index contributed by atoms with van der Waals surface area (Å²) in [5.41, 5.74) is 4.27. The number of rotatable bonds is 7. The maximum atomic E-state index is 5.17. The predicted octanol–water partition coefficient (Wildman–Crippen LogP) is 4.87. The van der Waals surface area contributed by atoms with Crippen molar-refractivity contribution >= 4 is 59.6 Å². The molecule has 187 valence electrons. The Kier molecular flexibility index (Phi) is 10.3. The zero-order chi connectivity index (χ0) is 23.9. The van der Waals surface area contributed by atoms with E-state index in [2.05, 4.69) is 40.2 Å². The minimum Gasteiger partial charge on any atom is -0.800 e. The maximum absolute atomic E-state index is 5.17. The van der Waals surface area contributed by atoms with E-state index in [0.717, 1.165) is 48.9 Å². The molecule has 1 aromatic heterocycles. The van der Waals surface area contributed by atoms with Gasteiger partial charge in [-0.1, -0.05) is 0 Å². The van der Waals surface area contributed by atoms with Crippen molar-refractivity contribution in [2.24, 2.45) is 20.5 Å². The second-order valence-corrected chi connectivity index (χ2v) is 9.09. The van der Waals surface area contributed by atoms with Crippen molar-refractivity contribution in [1.29, 1.82) is 0 Å². The molecular weight excluding hydrogens is 663 g/mol. The van der Waals surface area contributed by atoms with E-state index in [1.807, 2.05) is 67.5 Å². The van der Waals surface area contributed by atoms with E-state index in [9.17, 15) is 0 Å². The molecular formula is C23H25AuN9S2-2. The average Bonchev–Trinajstić information content (AvgIpc) is 2.87. The molecule has 2 heterocycles. The normalized spacial score (nSPS) is 14.6. The van der Waals surface area contributed by atoms with Crippen LogP contribution in [0.1, 0.15) is 0 Å². The number of azo groups is 2. The first-order chi connectivity index (χ1) is 16.5. The Morgan fingerprint density at radius 1 is 0.743 bits per heavy atom. The molecule has 35 heavy (non-hydrogen) atoms. The van der Waals surface area contributed by atoms with Gasteiger partial charge in [0.1, 0.15) is 5.69 Å². The van der Waals surface area contributed by atoms with Crippen LogP contribution in [0.2, 0.25) is 0 Å². The molecule has 0 atom stereocenters. The summed E-state index contributed by atoms with van der Waals surface area (Å²) >= 11 is 10.3. The van der Waals surface area contributed by atoms with E-state index in [-0.39, 0.29) is 33.0 Å². The van der Waals surface area contributed by atoms with Gasteiger partial charge in [-0.05, 0) is 48.5 Å². The first-order valence-electron chi connectivity index (χ1n) is 10.8. The zero-order valence-corrected chi connectivity index (χ0v) is 23.1. The summed E-state index contributed by atoms with van der Waals surface area (Å²) in [6, 6.07) is 15.7. The molecule has 0 bridgehead atoms. The Bertz CT molecular complexity index is 1110. The number of hydrogen-bond donors (Lipinski definition) is 0. The van der Waals surface area contributed by atoms with Crippen molar-refractivity contribution in [2.45, 2.75) is 4.71 Å². The van der Waals surface area contributed by atoms with Crippen LogP contribution in [0.3, 0.4) is 0 Å². The fraction of sp³-hybridized carbons (Fsp3) is 0.304. The minimum atomic E-state index is -0.230. The first-order valence-corrected chi connectivity index (χ1v) is 11.8. The molecule has 0 unspecified atom stereocenters. The monoisotopic (exact) mass is 688 g/mol. The van der Waals surface area contributed by atoms with Gasteiger partial charge in [0.2, 0.25) is 0 Å². The van der Waals surface area contributed by atoms with Gasteiger partial charge in [-0.3, -0.25) is 0 Å². The van der Waals surface area contributed by atoms with Gasteiger partial charge in [-0.15, -0.1) is 15.3 Å². The molecule has 1 saturated heterocycles. The van der Waals surface area contributed by atoms with Gasteiger partial charge in [0, 0.05) is 74.0 Å². The van der Waals surface area contributed by atoms with Crippen LogP contribution in [-0.4, -0.2) is 59.8 Å². The Balaban J connectivity index is 0.00000342. The van der Waals surface area contributed by atoms with Gasteiger partial charge < -0.3 is 40.0 Å². The molecule has 3 aromatic rings. The zero-order valence-electron chi connectivity index (χ0n) is 19.3. The minimum absolute atomic E-state index is 0. The summed E-state index contributed by atoms with van der Waals surface area (Å²) in [7, 11) is 3.98. The third-order valence-corrected chi connectivity index (χ3v) is 5.95. The van der Waals surface area contributed by atoms with Crippen molar-refractivity contribution in [1.82, 2.24) is 14.9 Å². The Morgan fingerprint density at radius 2 is 1.26 bits per heavy atom. The van der Waals surface area contributed by atoms with Crippen LogP contribution in [0.4, 0.5) is 34.4 Å². The number of anilines is 2. The van der Waals surface area contributed by atoms with Gasteiger partial charge in [0.05, 0.1) is 23.8 Å². The largest absolute Gasteiger partial charge is 0.800 e. The van der Waals surface area contributed by atoms with Crippen LogP contribution in [0, 0.1) is 0 Å². The van der Waals surface area contributed by atoms with Gasteiger partial charge in [-0.2, -0.15) is 5.11 Å². The Labute approximate surface area is 232 Å². The van der Waals surface area contributed by atoms with E-state index in [0.29, 0.717) is 5.69 Å². The van der Waals surface area contributed by atoms with E-state index in [4.69, 9.17) is 25.3 Å². The SMILES string of the molecule is CN(C)c1ccc(N=Nc2ncc(N=Nc3ccc(N4CCN(C([S-])[S-])CC4)cc3)cn2)cc1.[Au]. The van der Waals surface area contributed by atoms with Crippen LogP contribution in [0.25, 0.3) is 0 Å². The fourth-order valence-electron chi connectivity index (χ4n) is 3.37. The molecule has 1 aliphatic heterocycles. The molecule has 0 spiro atoms. The topological polar surface area (TPSA) is 84.9 Å². The van der Waals surface area contributed by atoms with Gasteiger partial charge in [0.25, 0.3) is 5.95 Å². The molecule has 0 amide bonds. The van der Waals surface area contributed by atoms with Gasteiger partial charge in [0.15, 0.2) is 0 Å². The van der Waals surface area contributed by atoms with Crippen LogP contribution >= 0.6 is 0 Å². The molecule has 0 aliphatic carbocycles. The van der Waals surface area contributed by atoms with Crippen LogP contribution in [-0.2, 0) is 47.6 Å². The van der Waals surface area contributed by atoms with Crippen molar-refractivity contribution in [3.8, 4) is 0 Å². The van der Waals surface area contributed by atoms with Crippen LogP contribution in [0.15, 0.2) is 81.4 Å². The average molecular weight is 689 g/mol. The Morgan fingerprint density at radius 3 is 1.80 bits per heavy atom. The van der Waals surface area contributed by atoms with E-state index >= 15 is 0 Å². The van der Waals surface area contributed by atoms with E-state index < -0.39 is 0 Å². The molecule has 12 heteroatoms. The number of aromatic nitrogens is 2. The molecule has 2 aromatic carbocycles. The summed E-state index contributed by atoms with van der Waals surface area (Å²) in [6.07, 6.45) is 3.14. The molecule has 9 nitrogen and oxygen atoms in total. The van der Waals surface area contributed by atoms with Gasteiger partial charge >= 0.3 is 0 Å². The Hall–Kier alpha value is -2.28. The third-order valence-electron chi connectivity index (χ3n) is 5.35. The summed E-state index contributed by atoms with van der Waals surface area (Å²) in [5, 5.41) is 16.7. The molecule has 0 saturated carbocycles. The molecule has 1 aliphatic rings. The van der Waals surface area contributed by atoms with Crippen molar-refractivity contribution in [3.63, 3.8) is 0 Å². The summed E-state index contributed by atoms with van der Waals surface area (Å²) in [6.45, 7) is 3.59. The summed E-state index contributed by atoms with van der Waals surface area (Å²) in [4.78, 5) is 14.9. The first kappa shape index (κ1) is 27.3. The molecule has 4 rings (SSSR count). The van der Waals surface area contributed by atoms with Crippen molar-refractivity contribution < 1.29 is 22.4 Å². The number of piperazine rings is 1. The van der Waals surface area contributed by atoms with E-state index in [1.165, 1.54) is 0 Å². The van der Waals surface area contributed by atoms with Crippen molar-refractivity contribution in [3.05, 3.63) is 60.9 Å². The second kappa shape index (κ2) is 13.1. The smallest absolute Gasteiger partial charge is 0.268 e. The number of hydrogen-bond acceptors (Lipinski definition) is 11. The van der Waals surface area contributed by atoms with Crippen LogP contribution in [0.5, 0.6) is 0 Å². The summed E-state index contributed by atoms with van der Waals surface area (Å²) < 4.78 is -0.230. The number of nitrogens with zero attached hydrogens (tertiary/aromatic N) is 9. The molecule has 1 fully saturated rings. The quantitative estimate of drug-likeness (QED) is 0.199. The summed E-state index contributed by atoms with van der Waals surface area (Å²) in [5.74, 6) is 0.262. The standard InChI is InChI=1S/C23H27N9S2.Au/c1-30(2)20-7-3-18(4-8-20)27-29-22-24-15-19(16-25-22)28-26-17-5-9-21(10-6-17)31-11-13-32(14-12-31)23(33)34;/h3-10,15-16,23,33-34H,11-14H2,1-2H3;/p-2. The fourth-order valence-corrected chi connectivity index (χ4v) is 3.80. The molecule has 0 N–H and O–H groups in total. The maximum Gasteiger partial charge on any atom is 0.268 e. The van der Waals surface area contributed by atoms with Gasteiger partial charge in [-0.25, -0.2) is 14.7 Å². The van der Waals surface area contributed by atoms with Crippen LogP contribution < -0.4 is 9.80 Å². The van der Waals surface area contributed by atoms with Crippen molar-refractivity contribution in [2.75, 3.05) is 50.1 Å². The number of benzene rings is 2. The van der Waals surface area contributed by atoms with E-state index in [1.54, 1.807) is 12.4 Å².